The van der Waals surface area contributed by atoms with Crippen LogP contribution in [0.15, 0.2) is 30.3 Å². The second-order valence-corrected chi connectivity index (χ2v) is 11.0. The highest BCUT2D eigenvalue weighted by atomic mass is 32.1. The minimum atomic E-state index is -0.914. The van der Waals surface area contributed by atoms with Crippen LogP contribution in [0.1, 0.15) is 54.1 Å². The van der Waals surface area contributed by atoms with Crippen LogP contribution in [0, 0.1) is 31.4 Å². The van der Waals surface area contributed by atoms with Crippen LogP contribution in [0.4, 0.5) is 13.9 Å². The van der Waals surface area contributed by atoms with E-state index < -0.39 is 23.5 Å². The van der Waals surface area contributed by atoms with Gasteiger partial charge in [0.2, 0.25) is 5.13 Å². The minimum Gasteiger partial charge on any atom is -0.492 e. The van der Waals surface area contributed by atoms with Crippen molar-refractivity contribution in [2.24, 2.45) is 5.92 Å². The summed E-state index contributed by atoms with van der Waals surface area (Å²) in [4.78, 5) is 28.0. The predicted octanol–water partition coefficient (Wildman–Crippen LogP) is 5.72. The van der Waals surface area contributed by atoms with Crippen LogP contribution in [0.3, 0.4) is 0 Å². The van der Waals surface area contributed by atoms with E-state index in [4.69, 9.17) is 4.74 Å². The standard InChI is InChI=1S/C29H34F2N4O4S/c1-4-5-10-35(27(36)23-7-6-22(30)17-24(23)31)29-33-32-26(40-29)21-15-18(2)25(19(3)16-21)39-14-13-34-11-8-20(9-12-34)28(37)38/h6-7,15-17,20H,4-5,8-14H2,1-3H3,(H,37,38). The van der Waals surface area contributed by atoms with Gasteiger partial charge < -0.3 is 9.84 Å². The Balaban J connectivity index is 1.45. The van der Waals surface area contributed by atoms with Crippen molar-refractivity contribution in [3.63, 3.8) is 0 Å². The molecule has 11 heteroatoms. The molecule has 8 nitrogen and oxygen atoms in total. The Morgan fingerprint density at radius 1 is 1.12 bits per heavy atom. The van der Waals surface area contributed by atoms with E-state index in [2.05, 4.69) is 15.1 Å². The molecule has 214 valence electrons. The highest BCUT2D eigenvalue weighted by Crippen LogP contribution is 2.34. The highest BCUT2D eigenvalue weighted by molar-refractivity contribution is 7.18. The molecule has 0 aliphatic carbocycles. The first-order chi connectivity index (χ1) is 19.2. The van der Waals surface area contributed by atoms with Gasteiger partial charge in [0, 0.05) is 24.7 Å². The van der Waals surface area contributed by atoms with Crippen LogP contribution in [0.2, 0.25) is 0 Å². The Bertz CT molecular complexity index is 1330. The average Bonchev–Trinajstić information content (AvgIpc) is 3.40. The van der Waals surface area contributed by atoms with E-state index >= 15 is 0 Å². The monoisotopic (exact) mass is 572 g/mol. The van der Waals surface area contributed by atoms with Crippen LogP contribution in [-0.2, 0) is 4.79 Å². The number of aryl methyl sites for hydroxylation is 2. The summed E-state index contributed by atoms with van der Waals surface area (Å²) in [6.07, 6.45) is 2.82. The Kier molecular flexibility index (Phi) is 9.80. The summed E-state index contributed by atoms with van der Waals surface area (Å²) >= 11 is 1.24. The molecule has 1 aliphatic heterocycles. The maximum Gasteiger partial charge on any atom is 0.306 e. The first kappa shape index (κ1) is 29.5. The molecular weight excluding hydrogens is 538 g/mol. The van der Waals surface area contributed by atoms with Gasteiger partial charge >= 0.3 is 5.97 Å². The minimum absolute atomic E-state index is 0.214. The SMILES string of the molecule is CCCCN(C(=O)c1ccc(F)cc1F)c1nnc(-c2cc(C)c(OCCN3CCC(C(=O)O)CC3)c(C)c2)s1. The number of anilines is 1. The summed E-state index contributed by atoms with van der Waals surface area (Å²) in [5, 5.41) is 18.7. The molecule has 2 aromatic carbocycles. The predicted molar refractivity (Wildman–Crippen MR) is 150 cm³/mol. The zero-order chi connectivity index (χ0) is 28.8. The van der Waals surface area contributed by atoms with Crippen molar-refractivity contribution in [1.29, 1.82) is 0 Å². The molecular formula is C29H34F2N4O4S. The average molecular weight is 573 g/mol. The van der Waals surface area contributed by atoms with Crippen molar-refractivity contribution in [2.75, 3.05) is 37.7 Å². The van der Waals surface area contributed by atoms with Crippen molar-refractivity contribution in [1.82, 2.24) is 15.1 Å². The molecule has 1 aliphatic rings. The normalized spacial score (nSPS) is 14.3. The number of carboxylic acids is 1. The summed E-state index contributed by atoms with van der Waals surface area (Å²) in [5.74, 6) is -2.42. The molecule has 0 radical (unpaired) electrons. The van der Waals surface area contributed by atoms with E-state index in [1.807, 2.05) is 32.9 Å². The molecule has 1 amide bonds. The van der Waals surface area contributed by atoms with Gasteiger partial charge in [-0.25, -0.2) is 8.78 Å². The molecule has 0 bridgehead atoms. The van der Waals surface area contributed by atoms with Crippen LogP contribution in [0.5, 0.6) is 5.75 Å². The second-order valence-electron chi connectivity index (χ2n) is 10.1. The molecule has 0 spiro atoms. The lowest BCUT2D eigenvalue weighted by atomic mass is 9.97. The number of halogens is 2. The molecule has 40 heavy (non-hydrogen) atoms. The van der Waals surface area contributed by atoms with Gasteiger partial charge in [0.1, 0.15) is 29.0 Å². The molecule has 1 N–H and O–H groups in total. The van der Waals surface area contributed by atoms with Crippen LogP contribution in [0.25, 0.3) is 10.6 Å². The van der Waals surface area contributed by atoms with Gasteiger partial charge in [-0.3, -0.25) is 19.4 Å². The number of aromatic nitrogens is 2. The number of carboxylic acid groups (broad SMARTS) is 1. The van der Waals surface area contributed by atoms with E-state index in [0.717, 1.165) is 60.6 Å². The van der Waals surface area contributed by atoms with E-state index in [0.29, 0.717) is 48.6 Å². The third-order valence-corrected chi connectivity index (χ3v) is 8.08. The zero-order valence-corrected chi connectivity index (χ0v) is 23.8. The van der Waals surface area contributed by atoms with Crippen LogP contribution >= 0.6 is 11.3 Å². The largest absolute Gasteiger partial charge is 0.492 e. The number of benzene rings is 2. The first-order valence-corrected chi connectivity index (χ1v) is 14.3. The van der Waals surface area contributed by atoms with E-state index in [9.17, 15) is 23.5 Å². The molecule has 3 aromatic rings. The molecule has 1 fully saturated rings. The van der Waals surface area contributed by atoms with E-state index in [1.54, 1.807) is 0 Å². The third-order valence-electron chi connectivity index (χ3n) is 7.09. The number of carbonyl (C=O) groups is 2. The Hall–Kier alpha value is -3.44. The molecule has 1 aromatic heterocycles. The maximum atomic E-state index is 14.4. The van der Waals surface area contributed by atoms with Gasteiger partial charge in [0.15, 0.2) is 0 Å². The van der Waals surface area contributed by atoms with Gasteiger partial charge in [-0.15, -0.1) is 10.2 Å². The van der Waals surface area contributed by atoms with Crippen molar-refractivity contribution in [3.8, 4) is 16.3 Å². The summed E-state index contributed by atoms with van der Waals surface area (Å²) in [5.41, 5.74) is 2.48. The number of ether oxygens (including phenoxy) is 1. The zero-order valence-electron chi connectivity index (χ0n) is 23.0. The van der Waals surface area contributed by atoms with Crippen molar-refractivity contribution < 1.29 is 28.2 Å². The summed E-state index contributed by atoms with van der Waals surface area (Å²) in [6, 6.07) is 6.84. The fourth-order valence-corrected chi connectivity index (χ4v) is 5.69. The Labute approximate surface area is 236 Å². The fourth-order valence-electron chi connectivity index (χ4n) is 4.83. The van der Waals surface area contributed by atoms with Crippen LogP contribution in [-0.4, -0.2) is 64.9 Å². The number of unbranched alkanes of at least 4 members (excludes halogenated alkanes) is 1. The third kappa shape index (κ3) is 7.00. The van der Waals surface area contributed by atoms with Crippen molar-refractivity contribution >= 4 is 28.3 Å². The Morgan fingerprint density at radius 3 is 2.45 bits per heavy atom. The molecule has 0 unspecified atom stereocenters. The molecule has 0 saturated carbocycles. The quantitative estimate of drug-likeness (QED) is 0.314. The maximum absolute atomic E-state index is 14.4. The Morgan fingerprint density at radius 2 is 1.82 bits per heavy atom. The van der Waals surface area contributed by atoms with Crippen molar-refractivity contribution in [2.45, 2.75) is 46.5 Å². The number of likely N-dealkylation sites (tertiary alicyclic amines) is 1. The summed E-state index contributed by atoms with van der Waals surface area (Å²) in [7, 11) is 0. The number of rotatable bonds is 11. The van der Waals surface area contributed by atoms with Gasteiger partial charge in [0.25, 0.3) is 5.91 Å². The van der Waals surface area contributed by atoms with Gasteiger partial charge in [-0.1, -0.05) is 24.7 Å². The topological polar surface area (TPSA) is 95.9 Å². The smallest absolute Gasteiger partial charge is 0.306 e. The second kappa shape index (κ2) is 13.3. The number of amides is 1. The lowest BCUT2D eigenvalue weighted by molar-refractivity contribution is -0.143. The first-order valence-electron chi connectivity index (χ1n) is 13.5. The lowest BCUT2D eigenvalue weighted by Crippen LogP contribution is -2.38. The number of hydrogen-bond acceptors (Lipinski definition) is 7. The number of piperidine rings is 1. The molecule has 4 rings (SSSR count). The van der Waals surface area contributed by atoms with E-state index in [-0.39, 0.29) is 11.5 Å². The molecule has 2 heterocycles. The number of aliphatic carboxylic acids is 1. The van der Waals surface area contributed by atoms with Gasteiger partial charge in [-0.2, -0.15) is 0 Å². The summed E-state index contributed by atoms with van der Waals surface area (Å²) < 4.78 is 33.9. The van der Waals surface area contributed by atoms with Crippen LogP contribution < -0.4 is 9.64 Å². The van der Waals surface area contributed by atoms with Crippen molar-refractivity contribution in [3.05, 3.63) is 58.7 Å². The van der Waals surface area contributed by atoms with Gasteiger partial charge in [0.05, 0.1) is 11.5 Å². The molecule has 1 saturated heterocycles. The number of hydrogen-bond donors (Lipinski definition) is 1. The van der Waals surface area contributed by atoms with E-state index in [1.165, 1.54) is 16.2 Å². The number of nitrogens with zero attached hydrogens (tertiary/aromatic N) is 4. The molecule has 0 atom stereocenters. The summed E-state index contributed by atoms with van der Waals surface area (Å²) in [6.45, 7) is 8.97. The lowest BCUT2D eigenvalue weighted by Gasteiger charge is -2.30. The fraction of sp³-hybridized carbons (Fsp3) is 0.448. The highest BCUT2D eigenvalue weighted by Gasteiger charge is 2.26. The number of carbonyl (C=O) groups excluding carboxylic acids is 1. The van der Waals surface area contributed by atoms with Gasteiger partial charge in [-0.05, 0) is 81.6 Å².